The quantitative estimate of drug-likeness (QED) is 0.341. The molecule has 0 fully saturated rings. The van der Waals surface area contributed by atoms with Crippen LogP contribution in [0.25, 0.3) is 22.2 Å². The van der Waals surface area contributed by atoms with Gasteiger partial charge in [-0.3, -0.25) is 9.48 Å². The van der Waals surface area contributed by atoms with Crippen molar-refractivity contribution < 1.29 is 9.53 Å². The van der Waals surface area contributed by atoms with Crippen molar-refractivity contribution in [2.24, 2.45) is 7.05 Å². The summed E-state index contributed by atoms with van der Waals surface area (Å²) < 4.78 is 7.88. The molecule has 8 heteroatoms. The van der Waals surface area contributed by atoms with Gasteiger partial charge in [-0.05, 0) is 54.4 Å². The molecule has 2 N–H and O–H groups in total. The molecule has 0 saturated carbocycles. The van der Waals surface area contributed by atoms with Crippen LogP contribution in [0.15, 0.2) is 79.1 Å². The van der Waals surface area contributed by atoms with Crippen LogP contribution in [0.1, 0.15) is 21.5 Å². The fourth-order valence-corrected chi connectivity index (χ4v) is 3.95. The molecule has 0 unspecified atom stereocenters. The molecular formula is C28H26N6O2. The van der Waals surface area contributed by atoms with Crippen LogP contribution in [0.5, 0.6) is 5.75 Å². The van der Waals surface area contributed by atoms with E-state index in [4.69, 9.17) is 9.72 Å². The van der Waals surface area contributed by atoms with Gasteiger partial charge in [-0.2, -0.15) is 5.10 Å². The van der Waals surface area contributed by atoms with E-state index in [2.05, 4.69) is 20.7 Å². The fourth-order valence-electron chi connectivity index (χ4n) is 3.95. The normalized spacial score (nSPS) is 10.9. The average Bonchev–Trinajstić information content (AvgIpc) is 3.34. The first kappa shape index (κ1) is 23.0. The summed E-state index contributed by atoms with van der Waals surface area (Å²) in [4.78, 5) is 21.1. The van der Waals surface area contributed by atoms with Crippen LogP contribution < -0.4 is 15.4 Å². The lowest BCUT2D eigenvalue weighted by Gasteiger charge is -2.12. The maximum absolute atomic E-state index is 11.9. The second kappa shape index (κ2) is 9.87. The van der Waals surface area contributed by atoms with Crippen molar-refractivity contribution in [3.05, 3.63) is 95.8 Å². The highest BCUT2D eigenvalue weighted by Gasteiger charge is 2.09. The first-order chi connectivity index (χ1) is 17.5. The van der Waals surface area contributed by atoms with Crippen molar-refractivity contribution in [2.45, 2.75) is 13.5 Å². The third-order valence-electron chi connectivity index (χ3n) is 5.82. The van der Waals surface area contributed by atoms with Crippen LogP contribution in [-0.2, 0) is 13.7 Å². The highest BCUT2D eigenvalue weighted by molar-refractivity contribution is 5.94. The van der Waals surface area contributed by atoms with Gasteiger partial charge in [0.2, 0.25) is 5.95 Å². The Bertz CT molecular complexity index is 1560. The van der Waals surface area contributed by atoms with E-state index in [0.717, 1.165) is 44.7 Å². The molecule has 0 aliphatic carbocycles. The van der Waals surface area contributed by atoms with Gasteiger partial charge in [-0.15, -0.1) is 0 Å². The standard InChI is InChI=1S/C28H26N6O2/c1-18-12-22-16-30-28(31-23-9-5-7-20(14-23)24-10-11-34(3)33-24)32-25(22)15-26(18)36-17-19-6-4-8-21(13-19)27(35)29-2/h4-16H,17H2,1-3H3,(H,29,35)(H,30,31,32). The Balaban J connectivity index is 1.35. The zero-order valence-electron chi connectivity index (χ0n) is 20.3. The monoisotopic (exact) mass is 478 g/mol. The lowest BCUT2D eigenvalue weighted by atomic mass is 10.1. The topological polar surface area (TPSA) is 94.0 Å². The molecular weight excluding hydrogens is 452 g/mol. The highest BCUT2D eigenvalue weighted by Crippen LogP contribution is 2.27. The number of aromatic nitrogens is 4. The second-order valence-corrected chi connectivity index (χ2v) is 8.52. The molecule has 180 valence electrons. The van der Waals surface area contributed by atoms with E-state index in [1.165, 1.54) is 0 Å². The van der Waals surface area contributed by atoms with Crippen molar-refractivity contribution >= 4 is 28.4 Å². The van der Waals surface area contributed by atoms with Gasteiger partial charge in [0.15, 0.2) is 0 Å². The molecule has 1 amide bonds. The molecule has 0 aliphatic rings. The number of nitrogens with one attached hydrogen (secondary N) is 2. The SMILES string of the molecule is CNC(=O)c1cccc(COc2cc3nc(Nc4cccc(-c5ccn(C)n5)c4)ncc3cc2C)c1. The Morgan fingerprint density at radius 3 is 2.72 bits per heavy atom. The molecule has 0 aliphatic heterocycles. The predicted octanol–water partition coefficient (Wildman–Crippen LogP) is 5.02. The number of hydrogen-bond acceptors (Lipinski definition) is 6. The second-order valence-electron chi connectivity index (χ2n) is 8.52. The smallest absolute Gasteiger partial charge is 0.251 e. The third-order valence-corrected chi connectivity index (χ3v) is 5.82. The van der Waals surface area contributed by atoms with Crippen LogP contribution in [0, 0.1) is 6.92 Å². The summed E-state index contributed by atoms with van der Waals surface area (Å²) in [7, 11) is 3.52. The van der Waals surface area contributed by atoms with E-state index in [1.807, 2.05) is 80.8 Å². The maximum atomic E-state index is 11.9. The largest absolute Gasteiger partial charge is 0.489 e. The number of amides is 1. The van der Waals surface area contributed by atoms with Gasteiger partial charge >= 0.3 is 0 Å². The summed E-state index contributed by atoms with van der Waals surface area (Å²) in [6.07, 6.45) is 3.72. The van der Waals surface area contributed by atoms with Crippen LogP contribution in [0.4, 0.5) is 11.6 Å². The number of benzene rings is 3. The summed E-state index contributed by atoms with van der Waals surface area (Å²) in [5, 5.41) is 11.3. The maximum Gasteiger partial charge on any atom is 0.251 e. The summed E-state index contributed by atoms with van der Waals surface area (Å²) in [5.41, 5.74) is 6.05. The van der Waals surface area contributed by atoms with Crippen molar-refractivity contribution in [1.29, 1.82) is 0 Å². The Hall–Kier alpha value is -4.72. The Labute approximate surface area is 209 Å². The van der Waals surface area contributed by atoms with Gasteiger partial charge in [0.05, 0.1) is 11.2 Å². The van der Waals surface area contributed by atoms with Crippen molar-refractivity contribution in [2.75, 3.05) is 12.4 Å². The first-order valence-corrected chi connectivity index (χ1v) is 11.6. The molecule has 3 aromatic carbocycles. The van der Waals surface area contributed by atoms with Gasteiger partial charge in [0.25, 0.3) is 5.91 Å². The number of carbonyl (C=O) groups is 1. The number of fused-ring (bicyclic) bond motifs is 1. The van der Waals surface area contributed by atoms with Crippen molar-refractivity contribution in [3.8, 4) is 17.0 Å². The molecule has 0 saturated heterocycles. The summed E-state index contributed by atoms with van der Waals surface area (Å²) in [6.45, 7) is 2.33. The minimum absolute atomic E-state index is 0.124. The minimum Gasteiger partial charge on any atom is -0.489 e. The number of carbonyl (C=O) groups excluding carboxylic acids is 1. The van der Waals surface area contributed by atoms with Crippen LogP contribution in [0.3, 0.4) is 0 Å². The van der Waals surface area contributed by atoms with E-state index in [1.54, 1.807) is 24.0 Å². The van der Waals surface area contributed by atoms with Gasteiger partial charge in [0, 0.05) is 54.8 Å². The van der Waals surface area contributed by atoms with Gasteiger partial charge in [-0.1, -0.05) is 24.3 Å². The zero-order valence-corrected chi connectivity index (χ0v) is 20.3. The van der Waals surface area contributed by atoms with Gasteiger partial charge < -0.3 is 15.4 Å². The number of ether oxygens (including phenoxy) is 1. The average molecular weight is 479 g/mol. The molecule has 2 aromatic heterocycles. The number of anilines is 2. The van der Waals surface area contributed by atoms with E-state index < -0.39 is 0 Å². The molecule has 5 rings (SSSR count). The van der Waals surface area contributed by atoms with E-state index in [0.29, 0.717) is 18.1 Å². The molecule has 0 spiro atoms. The molecule has 0 atom stereocenters. The Morgan fingerprint density at radius 1 is 1.06 bits per heavy atom. The van der Waals surface area contributed by atoms with E-state index in [-0.39, 0.29) is 5.91 Å². The number of rotatable bonds is 7. The lowest BCUT2D eigenvalue weighted by Crippen LogP contribution is -2.17. The molecule has 5 aromatic rings. The molecule has 0 radical (unpaired) electrons. The summed E-state index contributed by atoms with van der Waals surface area (Å²) in [6, 6.07) is 21.3. The Kier molecular flexibility index (Phi) is 6.32. The number of nitrogens with zero attached hydrogens (tertiary/aromatic N) is 4. The van der Waals surface area contributed by atoms with Crippen LogP contribution >= 0.6 is 0 Å². The highest BCUT2D eigenvalue weighted by atomic mass is 16.5. The fraction of sp³-hybridized carbons (Fsp3) is 0.143. The molecule has 0 bridgehead atoms. The number of hydrogen-bond donors (Lipinski definition) is 2. The van der Waals surface area contributed by atoms with Crippen molar-refractivity contribution in [1.82, 2.24) is 25.1 Å². The summed E-state index contributed by atoms with van der Waals surface area (Å²) >= 11 is 0. The molecule has 2 heterocycles. The van der Waals surface area contributed by atoms with Crippen molar-refractivity contribution in [3.63, 3.8) is 0 Å². The predicted molar refractivity (Wildman–Crippen MR) is 140 cm³/mol. The van der Waals surface area contributed by atoms with Gasteiger partial charge in [-0.25, -0.2) is 9.97 Å². The third kappa shape index (κ3) is 5.02. The molecule has 36 heavy (non-hydrogen) atoms. The zero-order chi connectivity index (χ0) is 25.1. The van der Waals surface area contributed by atoms with E-state index >= 15 is 0 Å². The van der Waals surface area contributed by atoms with Crippen LogP contribution in [0.2, 0.25) is 0 Å². The molecule has 8 nitrogen and oxygen atoms in total. The minimum atomic E-state index is -0.124. The van der Waals surface area contributed by atoms with E-state index in [9.17, 15) is 4.79 Å². The van der Waals surface area contributed by atoms with Gasteiger partial charge in [0.1, 0.15) is 12.4 Å². The summed E-state index contributed by atoms with van der Waals surface area (Å²) in [5.74, 6) is 1.10. The first-order valence-electron chi connectivity index (χ1n) is 11.6. The Morgan fingerprint density at radius 2 is 1.92 bits per heavy atom. The van der Waals surface area contributed by atoms with Crippen LogP contribution in [-0.4, -0.2) is 32.7 Å². The number of aryl methyl sites for hydroxylation is 2. The lowest BCUT2D eigenvalue weighted by molar-refractivity contribution is 0.0963.